The summed E-state index contributed by atoms with van der Waals surface area (Å²) in [6.45, 7) is 0. The number of thioether (sulfide) groups is 1. The number of ether oxygens (including phenoxy) is 1. The van der Waals surface area contributed by atoms with Crippen molar-refractivity contribution in [1.82, 2.24) is 5.32 Å². The highest BCUT2D eigenvalue weighted by Gasteiger charge is 2.03. The van der Waals surface area contributed by atoms with Gasteiger partial charge in [0.15, 0.2) is 11.4 Å². The number of hydrogen-bond acceptors (Lipinski definition) is 5. The van der Waals surface area contributed by atoms with E-state index in [9.17, 15) is 4.79 Å². The van der Waals surface area contributed by atoms with Crippen LogP contribution in [0.2, 0.25) is 0 Å². The molecule has 1 rings (SSSR count). The Balaban J connectivity index is 2.88. The van der Waals surface area contributed by atoms with Gasteiger partial charge in [-0.1, -0.05) is 23.9 Å². The zero-order chi connectivity index (χ0) is 13.4. The topological polar surface area (TPSA) is 74.5 Å². The van der Waals surface area contributed by atoms with Crippen LogP contribution in [0.5, 0.6) is 0 Å². The number of hydrogen-bond donors (Lipinski definition) is 1. The van der Waals surface area contributed by atoms with E-state index in [1.54, 1.807) is 18.2 Å². The number of aliphatic imine (C=N–C) groups is 1. The molecule has 5 nitrogen and oxygen atoms in total. The first kappa shape index (κ1) is 14.1. The van der Waals surface area contributed by atoms with Gasteiger partial charge in [0.1, 0.15) is 0 Å². The SMILES string of the molecule is COC(=O)Cc1cccc(N=C(NC#N)SC)c1. The maximum atomic E-state index is 11.2. The fourth-order valence-corrected chi connectivity index (χ4v) is 1.61. The normalized spacial score (nSPS) is 10.6. The van der Waals surface area contributed by atoms with Gasteiger partial charge < -0.3 is 4.74 Å². The second-order valence-corrected chi connectivity index (χ2v) is 4.08. The lowest BCUT2D eigenvalue weighted by atomic mass is 10.1. The van der Waals surface area contributed by atoms with Crippen molar-refractivity contribution in [3.05, 3.63) is 29.8 Å². The molecule has 0 spiro atoms. The number of methoxy groups -OCH3 is 1. The van der Waals surface area contributed by atoms with Crippen LogP contribution in [0.3, 0.4) is 0 Å². The van der Waals surface area contributed by atoms with Crippen molar-refractivity contribution in [1.29, 1.82) is 5.26 Å². The fourth-order valence-electron chi connectivity index (χ4n) is 1.26. The number of nitrogens with one attached hydrogen (secondary N) is 1. The first-order valence-electron chi connectivity index (χ1n) is 5.13. The number of carbonyl (C=O) groups excluding carboxylic acids is 1. The van der Waals surface area contributed by atoms with E-state index in [0.717, 1.165) is 5.56 Å². The Hall–Kier alpha value is -2.00. The summed E-state index contributed by atoms with van der Waals surface area (Å²) in [6, 6.07) is 7.22. The third-order valence-electron chi connectivity index (χ3n) is 2.07. The lowest BCUT2D eigenvalue weighted by Crippen LogP contribution is -2.12. The first-order chi connectivity index (χ1) is 8.69. The lowest BCUT2D eigenvalue weighted by molar-refractivity contribution is -0.139. The van der Waals surface area contributed by atoms with E-state index >= 15 is 0 Å². The van der Waals surface area contributed by atoms with E-state index in [2.05, 4.69) is 15.0 Å². The van der Waals surface area contributed by atoms with E-state index in [1.165, 1.54) is 18.9 Å². The molecule has 0 aromatic heterocycles. The molecule has 0 aliphatic rings. The van der Waals surface area contributed by atoms with Crippen molar-refractivity contribution in [2.24, 2.45) is 4.99 Å². The highest BCUT2D eigenvalue weighted by Crippen LogP contribution is 2.16. The van der Waals surface area contributed by atoms with E-state index < -0.39 is 0 Å². The van der Waals surface area contributed by atoms with Crippen molar-refractivity contribution in [2.75, 3.05) is 13.4 Å². The summed E-state index contributed by atoms with van der Waals surface area (Å²) in [5.41, 5.74) is 1.50. The smallest absolute Gasteiger partial charge is 0.309 e. The van der Waals surface area contributed by atoms with Crippen molar-refractivity contribution in [3.8, 4) is 6.19 Å². The van der Waals surface area contributed by atoms with Crippen LogP contribution in [0, 0.1) is 11.5 Å². The zero-order valence-corrected chi connectivity index (χ0v) is 11.0. The number of nitrogens with zero attached hydrogens (tertiary/aromatic N) is 2. The molecule has 0 heterocycles. The van der Waals surface area contributed by atoms with Crippen molar-refractivity contribution < 1.29 is 9.53 Å². The average molecular weight is 263 g/mol. The third kappa shape index (κ3) is 4.47. The molecule has 0 aliphatic heterocycles. The highest BCUT2D eigenvalue weighted by molar-refractivity contribution is 8.13. The van der Waals surface area contributed by atoms with Crippen molar-refractivity contribution >= 4 is 28.6 Å². The van der Waals surface area contributed by atoms with Crippen LogP contribution < -0.4 is 5.32 Å². The van der Waals surface area contributed by atoms with Crippen LogP contribution in [0.1, 0.15) is 5.56 Å². The zero-order valence-electron chi connectivity index (χ0n) is 10.1. The molecule has 0 saturated heterocycles. The summed E-state index contributed by atoms with van der Waals surface area (Å²) in [7, 11) is 1.35. The summed E-state index contributed by atoms with van der Waals surface area (Å²) in [5, 5.41) is 11.5. The molecule has 18 heavy (non-hydrogen) atoms. The molecule has 0 amide bonds. The summed E-state index contributed by atoms with van der Waals surface area (Å²) in [4.78, 5) is 15.4. The van der Waals surface area contributed by atoms with Gasteiger partial charge in [-0.05, 0) is 24.0 Å². The fraction of sp³-hybridized carbons (Fsp3) is 0.250. The van der Waals surface area contributed by atoms with Gasteiger partial charge in [-0.2, -0.15) is 5.26 Å². The molecule has 0 fully saturated rings. The van der Waals surface area contributed by atoms with Crippen LogP contribution in [-0.4, -0.2) is 24.5 Å². The summed E-state index contributed by atoms with van der Waals surface area (Å²) < 4.78 is 4.60. The first-order valence-corrected chi connectivity index (χ1v) is 6.35. The lowest BCUT2D eigenvalue weighted by Gasteiger charge is -2.03. The standard InChI is InChI=1S/C12H13N3O2S/c1-17-11(16)7-9-4-3-5-10(6-9)15-12(18-2)14-8-13/h3-6H,7H2,1-2H3,(H,14,15). The van der Waals surface area contributed by atoms with Crippen molar-refractivity contribution in [2.45, 2.75) is 6.42 Å². The number of benzene rings is 1. The molecule has 1 aromatic carbocycles. The van der Waals surface area contributed by atoms with Gasteiger partial charge in [-0.15, -0.1) is 0 Å². The minimum Gasteiger partial charge on any atom is -0.469 e. The Labute approximate surface area is 110 Å². The van der Waals surface area contributed by atoms with E-state index in [4.69, 9.17) is 5.26 Å². The van der Waals surface area contributed by atoms with Gasteiger partial charge in [-0.3, -0.25) is 10.1 Å². The van der Waals surface area contributed by atoms with Crippen LogP contribution in [-0.2, 0) is 16.0 Å². The monoisotopic (exact) mass is 263 g/mol. The van der Waals surface area contributed by atoms with Gasteiger partial charge in [0, 0.05) is 0 Å². The second kappa shape index (κ2) is 7.35. The molecule has 6 heteroatoms. The Bertz CT molecular complexity index is 494. The molecular weight excluding hydrogens is 250 g/mol. The van der Waals surface area contributed by atoms with Crippen LogP contribution in [0.25, 0.3) is 0 Å². The largest absolute Gasteiger partial charge is 0.469 e. The molecule has 0 saturated carbocycles. The van der Waals surface area contributed by atoms with Crippen LogP contribution in [0.4, 0.5) is 5.69 Å². The summed E-state index contributed by atoms with van der Waals surface area (Å²) in [5.74, 6) is -0.295. The second-order valence-electron chi connectivity index (χ2n) is 3.28. The van der Waals surface area contributed by atoms with Crippen molar-refractivity contribution in [3.63, 3.8) is 0 Å². The number of esters is 1. The highest BCUT2D eigenvalue weighted by atomic mass is 32.2. The van der Waals surface area contributed by atoms with Gasteiger partial charge in [0.25, 0.3) is 0 Å². The molecular formula is C12H13N3O2S. The van der Waals surface area contributed by atoms with Crippen LogP contribution >= 0.6 is 11.8 Å². The molecule has 0 aliphatic carbocycles. The molecule has 94 valence electrons. The predicted octanol–water partition coefficient (Wildman–Crippen LogP) is 1.82. The molecule has 0 radical (unpaired) electrons. The maximum Gasteiger partial charge on any atom is 0.309 e. The van der Waals surface area contributed by atoms with Gasteiger partial charge in [-0.25, -0.2) is 4.99 Å². The number of carbonyl (C=O) groups is 1. The maximum absolute atomic E-state index is 11.2. The quantitative estimate of drug-likeness (QED) is 0.296. The average Bonchev–Trinajstić information content (AvgIpc) is 2.38. The molecule has 0 unspecified atom stereocenters. The molecule has 1 N–H and O–H groups in total. The Morgan fingerprint density at radius 1 is 1.61 bits per heavy atom. The number of nitriles is 1. The Morgan fingerprint density at radius 3 is 3.00 bits per heavy atom. The Kier molecular flexibility index (Phi) is 5.74. The van der Waals surface area contributed by atoms with E-state index in [0.29, 0.717) is 10.9 Å². The molecule has 1 aromatic rings. The van der Waals surface area contributed by atoms with Crippen LogP contribution in [0.15, 0.2) is 29.3 Å². The number of rotatable bonds is 3. The van der Waals surface area contributed by atoms with E-state index in [1.807, 2.05) is 18.5 Å². The minimum absolute atomic E-state index is 0.208. The molecule has 0 atom stereocenters. The van der Waals surface area contributed by atoms with Gasteiger partial charge in [0.05, 0.1) is 19.2 Å². The Morgan fingerprint density at radius 2 is 2.39 bits per heavy atom. The van der Waals surface area contributed by atoms with Gasteiger partial charge >= 0.3 is 5.97 Å². The predicted molar refractivity (Wildman–Crippen MR) is 71.5 cm³/mol. The number of amidine groups is 1. The summed E-state index contributed by atoms with van der Waals surface area (Å²) >= 11 is 1.34. The minimum atomic E-state index is -0.295. The third-order valence-corrected chi connectivity index (χ3v) is 2.65. The summed E-state index contributed by atoms with van der Waals surface area (Å²) in [6.07, 6.45) is 3.85. The van der Waals surface area contributed by atoms with Gasteiger partial charge in [0.2, 0.25) is 0 Å². The van der Waals surface area contributed by atoms with E-state index in [-0.39, 0.29) is 12.4 Å². The molecule has 0 bridgehead atoms.